The minimum atomic E-state index is -0.619. The van der Waals surface area contributed by atoms with E-state index >= 15 is 0 Å². The van der Waals surface area contributed by atoms with Crippen LogP contribution >= 0.6 is 0 Å². The fourth-order valence-electron chi connectivity index (χ4n) is 2.51. The van der Waals surface area contributed by atoms with Crippen LogP contribution < -0.4 is 16.8 Å². The first-order valence-corrected chi connectivity index (χ1v) is 7.45. The highest BCUT2D eigenvalue weighted by atomic mass is 16.2. The van der Waals surface area contributed by atoms with E-state index in [0.29, 0.717) is 16.9 Å². The van der Waals surface area contributed by atoms with Gasteiger partial charge in [0.05, 0.1) is 11.4 Å². The number of carbonyl (C=O) groups is 2. The number of anilines is 1. The van der Waals surface area contributed by atoms with Crippen molar-refractivity contribution in [3.05, 3.63) is 40.6 Å². The number of aromatic nitrogens is 2. The monoisotopic (exact) mass is 313 g/mol. The molecule has 5 N–H and O–H groups in total. The second kappa shape index (κ2) is 5.42. The van der Waals surface area contributed by atoms with Gasteiger partial charge in [-0.05, 0) is 44.4 Å². The zero-order valence-electron chi connectivity index (χ0n) is 13.1. The summed E-state index contributed by atoms with van der Waals surface area (Å²) >= 11 is 0. The van der Waals surface area contributed by atoms with Gasteiger partial charge in [0.1, 0.15) is 11.4 Å². The molecule has 7 nitrogen and oxygen atoms in total. The van der Waals surface area contributed by atoms with E-state index < -0.39 is 5.91 Å². The van der Waals surface area contributed by atoms with Crippen molar-refractivity contribution in [3.63, 3.8) is 0 Å². The molecule has 1 aliphatic carbocycles. The third-order valence-corrected chi connectivity index (χ3v) is 3.95. The van der Waals surface area contributed by atoms with Crippen LogP contribution in [0.25, 0.3) is 5.69 Å². The highest BCUT2D eigenvalue weighted by molar-refractivity contribution is 5.99. The SMILES string of the molecule is Cc1ccc(C(=O)NC2CC2)cc1-n1nc(C)c(C(N)=O)c1N. The molecule has 1 saturated carbocycles. The summed E-state index contributed by atoms with van der Waals surface area (Å²) in [5.41, 5.74) is 14.1. The van der Waals surface area contributed by atoms with Gasteiger partial charge >= 0.3 is 0 Å². The fourth-order valence-corrected chi connectivity index (χ4v) is 2.51. The molecular formula is C16H19N5O2. The third-order valence-electron chi connectivity index (χ3n) is 3.95. The molecule has 0 radical (unpaired) electrons. The maximum atomic E-state index is 12.2. The summed E-state index contributed by atoms with van der Waals surface area (Å²) in [6.07, 6.45) is 2.05. The lowest BCUT2D eigenvalue weighted by molar-refractivity contribution is 0.0949. The summed E-state index contributed by atoms with van der Waals surface area (Å²) < 4.78 is 1.46. The lowest BCUT2D eigenvalue weighted by Crippen LogP contribution is -2.25. The smallest absolute Gasteiger partial charge is 0.254 e. The predicted molar refractivity (Wildman–Crippen MR) is 86.5 cm³/mol. The molecule has 0 saturated heterocycles. The molecule has 0 bridgehead atoms. The summed E-state index contributed by atoms with van der Waals surface area (Å²) in [6, 6.07) is 5.60. The largest absolute Gasteiger partial charge is 0.383 e. The van der Waals surface area contributed by atoms with E-state index in [-0.39, 0.29) is 23.3 Å². The average Bonchev–Trinajstić information content (AvgIpc) is 3.23. The Labute approximate surface area is 133 Å². The van der Waals surface area contributed by atoms with E-state index in [1.807, 2.05) is 13.0 Å². The van der Waals surface area contributed by atoms with Crippen molar-refractivity contribution in [2.24, 2.45) is 5.73 Å². The maximum Gasteiger partial charge on any atom is 0.254 e. The molecule has 1 aromatic carbocycles. The van der Waals surface area contributed by atoms with Crippen LogP contribution in [0.15, 0.2) is 18.2 Å². The zero-order chi connectivity index (χ0) is 16.7. The molecule has 23 heavy (non-hydrogen) atoms. The lowest BCUT2D eigenvalue weighted by atomic mass is 10.1. The normalized spacial score (nSPS) is 13.8. The Morgan fingerprint density at radius 2 is 2.00 bits per heavy atom. The van der Waals surface area contributed by atoms with E-state index in [4.69, 9.17) is 11.5 Å². The Morgan fingerprint density at radius 1 is 1.30 bits per heavy atom. The van der Waals surface area contributed by atoms with E-state index in [9.17, 15) is 9.59 Å². The molecule has 1 aromatic heterocycles. The molecule has 0 unspecified atom stereocenters. The van der Waals surface area contributed by atoms with Gasteiger partial charge in [-0.3, -0.25) is 9.59 Å². The van der Waals surface area contributed by atoms with Gasteiger partial charge in [0, 0.05) is 11.6 Å². The van der Waals surface area contributed by atoms with Crippen molar-refractivity contribution in [1.82, 2.24) is 15.1 Å². The van der Waals surface area contributed by atoms with Gasteiger partial charge in [-0.25, -0.2) is 4.68 Å². The topological polar surface area (TPSA) is 116 Å². The maximum absolute atomic E-state index is 12.2. The summed E-state index contributed by atoms with van der Waals surface area (Å²) in [4.78, 5) is 23.7. The van der Waals surface area contributed by atoms with Gasteiger partial charge in [0.25, 0.3) is 11.8 Å². The minimum Gasteiger partial charge on any atom is -0.383 e. The third kappa shape index (κ3) is 2.77. The number of rotatable bonds is 4. The lowest BCUT2D eigenvalue weighted by Gasteiger charge is -2.11. The van der Waals surface area contributed by atoms with Crippen molar-refractivity contribution >= 4 is 17.6 Å². The zero-order valence-corrected chi connectivity index (χ0v) is 13.1. The number of carbonyl (C=O) groups excluding carboxylic acids is 2. The number of nitrogen functional groups attached to an aromatic ring is 1. The number of nitrogens with two attached hydrogens (primary N) is 2. The molecule has 0 aliphatic heterocycles. The van der Waals surface area contributed by atoms with Gasteiger partial charge < -0.3 is 16.8 Å². The van der Waals surface area contributed by atoms with Crippen molar-refractivity contribution in [3.8, 4) is 5.69 Å². The van der Waals surface area contributed by atoms with Crippen LogP contribution in [-0.2, 0) is 0 Å². The van der Waals surface area contributed by atoms with Gasteiger partial charge in [0.15, 0.2) is 0 Å². The molecule has 2 amide bonds. The van der Waals surface area contributed by atoms with E-state index in [1.54, 1.807) is 19.1 Å². The Balaban J connectivity index is 2.04. The number of nitrogens with one attached hydrogen (secondary N) is 1. The Kier molecular flexibility index (Phi) is 3.55. The van der Waals surface area contributed by atoms with Crippen LogP contribution in [0.4, 0.5) is 5.82 Å². The summed E-state index contributed by atoms with van der Waals surface area (Å²) in [5, 5.41) is 7.24. The molecule has 1 aliphatic rings. The Morgan fingerprint density at radius 3 is 2.57 bits per heavy atom. The van der Waals surface area contributed by atoms with Crippen molar-refractivity contribution in [2.75, 3.05) is 5.73 Å². The molecule has 0 spiro atoms. The van der Waals surface area contributed by atoms with Crippen LogP contribution in [0.2, 0.25) is 0 Å². The number of primary amides is 1. The number of aryl methyl sites for hydroxylation is 2. The average molecular weight is 313 g/mol. The second-order valence-electron chi connectivity index (χ2n) is 5.87. The number of amides is 2. The highest BCUT2D eigenvalue weighted by Crippen LogP contribution is 2.24. The summed E-state index contributed by atoms with van der Waals surface area (Å²) in [5.74, 6) is -0.560. The first kappa shape index (κ1) is 15.1. The first-order valence-electron chi connectivity index (χ1n) is 7.45. The van der Waals surface area contributed by atoms with Crippen molar-refractivity contribution in [2.45, 2.75) is 32.7 Å². The van der Waals surface area contributed by atoms with Crippen LogP contribution in [0.3, 0.4) is 0 Å². The Bertz CT molecular complexity index is 805. The molecule has 1 fully saturated rings. The van der Waals surface area contributed by atoms with Crippen LogP contribution in [0.1, 0.15) is 44.8 Å². The minimum absolute atomic E-state index is 0.119. The summed E-state index contributed by atoms with van der Waals surface area (Å²) in [6.45, 7) is 3.56. The molecular weight excluding hydrogens is 294 g/mol. The van der Waals surface area contributed by atoms with Gasteiger partial charge in [-0.2, -0.15) is 5.10 Å². The van der Waals surface area contributed by atoms with E-state index in [1.165, 1.54) is 4.68 Å². The summed E-state index contributed by atoms with van der Waals surface area (Å²) in [7, 11) is 0. The Hall–Kier alpha value is -2.83. The van der Waals surface area contributed by atoms with Gasteiger partial charge in [-0.15, -0.1) is 0 Å². The fraction of sp³-hybridized carbons (Fsp3) is 0.312. The first-order chi connectivity index (χ1) is 10.9. The predicted octanol–water partition coefficient (Wildman–Crippen LogP) is 1.06. The van der Waals surface area contributed by atoms with Crippen molar-refractivity contribution < 1.29 is 9.59 Å². The van der Waals surface area contributed by atoms with Crippen LogP contribution in [-0.4, -0.2) is 27.6 Å². The quantitative estimate of drug-likeness (QED) is 0.782. The number of nitrogens with zero attached hydrogens (tertiary/aromatic N) is 2. The molecule has 1 heterocycles. The van der Waals surface area contributed by atoms with Gasteiger partial charge in [0.2, 0.25) is 0 Å². The molecule has 0 atom stereocenters. The number of benzene rings is 1. The number of hydrogen-bond donors (Lipinski definition) is 3. The highest BCUT2D eigenvalue weighted by Gasteiger charge is 2.24. The molecule has 2 aromatic rings. The van der Waals surface area contributed by atoms with Crippen LogP contribution in [0, 0.1) is 13.8 Å². The van der Waals surface area contributed by atoms with Gasteiger partial charge in [-0.1, -0.05) is 6.07 Å². The van der Waals surface area contributed by atoms with E-state index in [2.05, 4.69) is 10.4 Å². The standard InChI is InChI=1S/C16H19N5O2/c1-8-3-4-10(16(23)19-11-5-6-11)7-12(8)21-14(17)13(15(18)22)9(2)20-21/h3-4,7,11H,5-6,17H2,1-2H3,(H2,18,22)(H,19,23). The second-order valence-corrected chi connectivity index (χ2v) is 5.87. The number of hydrogen-bond acceptors (Lipinski definition) is 4. The van der Waals surface area contributed by atoms with Crippen molar-refractivity contribution in [1.29, 1.82) is 0 Å². The molecule has 3 rings (SSSR count). The van der Waals surface area contributed by atoms with E-state index in [0.717, 1.165) is 18.4 Å². The van der Waals surface area contributed by atoms with Crippen LogP contribution in [0.5, 0.6) is 0 Å². The molecule has 7 heteroatoms. The molecule has 120 valence electrons.